The Morgan fingerprint density at radius 3 is 2.59 bits per heavy atom. The lowest BCUT2D eigenvalue weighted by atomic mass is 10.0. The van der Waals surface area contributed by atoms with E-state index < -0.39 is 11.6 Å². The molecular weight excluding hydrogens is 414 g/mol. The third kappa shape index (κ3) is 4.02. The van der Waals surface area contributed by atoms with E-state index >= 15 is 0 Å². The summed E-state index contributed by atoms with van der Waals surface area (Å²) in [6, 6.07) is 11.6. The standard InChI is InChI=1S/C21H15ClF2N4S/c1-11-15(13-7-14-10-25-12(2)27-20(14)17(23)8-13)9-18(24)21(26-11)28-29-19-6-4-3-5-16(19)22/h3-10H,1-2H3,(H,26,28). The Labute approximate surface area is 175 Å². The van der Waals surface area contributed by atoms with Crippen LogP contribution in [-0.4, -0.2) is 15.0 Å². The summed E-state index contributed by atoms with van der Waals surface area (Å²) < 4.78 is 32.1. The van der Waals surface area contributed by atoms with Gasteiger partial charge in [-0.2, -0.15) is 0 Å². The molecule has 146 valence electrons. The monoisotopic (exact) mass is 428 g/mol. The van der Waals surface area contributed by atoms with Crippen LogP contribution in [0.15, 0.2) is 53.6 Å². The molecule has 0 radical (unpaired) electrons. The Bertz CT molecular complexity index is 1230. The number of aryl methyl sites for hydroxylation is 2. The summed E-state index contributed by atoms with van der Waals surface area (Å²) in [5, 5.41) is 1.10. The molecule has 0 aliphatic rings. The molecule has 0 saturated carbocycles. The van der Waals surface area contributed by atoms with E-state index in [0.29, 0.717) is 33.1 Å². The van der Waals surface area contributed by atoms with Crippen LogP contribution >= 0.6 is 23.5 Å². The highest BCUT2D eigenvalue weighted by Crippen LogP contribution is 2.32. The fourth-order valence-corrected chi connectivity index (χ4v) is 3.83. The van der Waals surface area contributed by atoms with Crippen molar-refractivity contribution in [3.63, 3.8) is 0 Å². The number of nitrogens with zero attached hydrogens (tertiary/aromatic N) is 3. The molecule has 0 aliphatic heterocycles. The minimum Gasteiger partial charge on any atom is -0.308 e. The second-order valence-electron chi connectivity index (χ2n) is 6.40. The van der Waals surface area contributed by atoms with E-state index in [1.165, 1.54) is 24.1 Å². The molecule has 8 heteroatoms. The van der Waals surface area contributed by atoms with Crippen molar-refractivity contribution in [1.29, 1.82) is 0 Å². The first-order valence-electron chi connectivity index (χ1n) is 8.70. The summed E-state index contributed by atoms with van der Waals surface area (Å²) in [6.07, 6.45) is 1.56. The first-order chi connectivity index (χ1) is 13.9. The van der Waals surface area contributed by atoms with E-state index in [1.807, 2.05) is 18.2 Å². The fourth-order valence-electron chi connectivity index (χ4n) is 2.92. The number of fused-ring (bicyclic) bond motifs is 1. The molecule has 0 spiro atoms. The number of nitrogens with one attached hydrogen (secondary N) is 1. The van der Waals surface area contributed by atoms with E-state index in [2.05, 4.69) is 19.7 Å². The number of benzene rings is 2. The van der Waals surface area contributed by atoms with Crippen LogP contribution in [-0.2, 0) is 0 Å². The van der Waals surface area contributed by atoms with Crippen LogP contribution in [0.2, 0.25) is 5.02 Å². The summed E-state index contributed by atoms with van der Waals surface area (Å²) in [5.74, 6) is -0.471. The average Bonchev–Trinajstić information content (AvgIpc) is 2.70. The predicted octanol–water partition coefficient (Wildman–Crippen LogP) is 6.36. The van der Waals surface area contributed by atoms with E-state index in [-0.39, 0.29) is 11.3 Å². The number of halogens is 3. The quantitative estimate of drug-likeness (QED) is 0.383. The molecule has 2 aromatic heterocycles. The highest BCUT2D eigenvalue weighted by molar-refractivity contribution is 8.00. The van der Waals surface area contributed by atoms with E-state index in [9.17, 15) is 8.78 Å². The number of rotatable bonds is 4. The normalized spacial score (nSPS) is 11.1. The minimum atomic E-state index is -0.550. The molecule has 0 aliphatic carbocycles. The van der Waals surface area contributed by atoms with Crippen molar-refractivity contribution in [2.75, 3.05) is 4.72 Å². The zero-order chi connectivity index (χ0) is 20.5. The second kappa shape index (κ2) is 7.93. The van der Waals surface area contributed by atoms with Crippen molar-refractivity contribution in [2.24, 2.45) is 0 Å². The number of pyridine rings is 1. The molecule has 2 aromatic carbocycles. The number of hydrogen-bond donors (Lipinski definition) is 1. The van der Waals surface area contributed by atoms with Gasteiger partial charge < -0.3 is 4.72 Å². The van der Waals surface area contributed by atoms with Crippen LogP contribution in [0.1, 0.15) is 11.5 Å². The van der Waals surface area contributed by atoms with Gasteiger partial charge in [-0.15, -0.1) is 0 Å². The van der Waals surface area contributed by atoms with Gasteiger partial charge in [0, 0.05) is 27.7 Å². The number of anilines is 1. The maximum Gasteiger partial charge on any atom is 0.172 e. The minimum absolute atomic E-state index is 0.0800. The van der Waals surface area contributed by atoms with Crippen molar-refractivity contribution < 1.29 is 8.78 Å². The van der Waals surface area contributed by atoms with Crippen LogP contribution in [0.5, 0.6) is 0 Å². The van der Waals surface area contributed by atoms with Gasteiger partial charge in [-0.1, -0.05) is 23.7 Å². The van der Waals surface area contributed by atoms with Crippen LogP contribution in [0.4, 0.5) is 14.6 Å². The summed E-state index contributed by atoms with van der Waals surface area (Å²) in [6.45, 7) is 3.44. The lowest BCUT2D eigenvalue weighted by Gasteiger charge is -2.12. The van der Waals surface area contributed by atoms with Crippen molar-refractivity contribution in [3.8, 4) is 11.1 Å². The molecule has 0 saturated heterocycles. The van der Waals surface area contributed by atoms with Crippen LogP contribution in [0, 0.1) is 25.5 Å². The van der Waals surface area contributed by atoms with Gasteiger partial charge in [0.1, 0.15) is 17.2 Å². The molecule has 4 aromatic rings. The Balaban J connectivity index is 1.67. The zero-order valence-electron chi connectivity index (χ0n) is 15.5. The molecule has 29 heavy (non-hydrogen) atoms. The highest BCUT2D eigenvalue weighted by Gasteiger charge is 2.14. The Morgan fingerprint density at radius 1 is 1.00 bits per heavy atom. The van der Waals surface area contributed by atoms with Gasteiger partial charge >= 0.3 is 0 Å². The van der Waals surface area contributed by atoms with Gasteiger partial charge in [0.05, 0.1) is 5.02 Å². The van der Waals surface area contributed by atoms with Gasteiger partial charge in [0.25, 0.3) is 0 Å². The van der Waals surface area contributed by atoms with Crippen molar-refractivity contribution in [2.45, 2.75) is 18.7 Å². The average molecular weight is 429 g/mol. The van der Waals surface area contributed by atoms with Crippen molar-refractivity contribution in [1.82, 2.24) is 15.0 Å². The second-order valence-corrected chi connectivity index (χ2v) is 7.65. The van der Waals surface area contributed by atoms with Gasteiger partial charge in [-0.3, -0.25) is 0 Å². The Morgan fingerprint density at radius 2 is 1.79 bits per heavy atom. The summed E-state index contributed by atoms with van der Waals surface area (Å²) in [5.41, 5.74) is 1.80. The lowest BCUT2D eigenvalue weighted by Crippen LogP contribution is -2.00. The Hall–Kier alpha value is -2.77. The fraction of sp³-hybridized carbons (Fsp3) is 0.0952. The maximum absolute atomic E-state index is 14.7. The third-order valence-electron chi connectivity index (χ3n) is 4.33. The van der Waals surface area contributed by atoms with E-state index in [0.717, 1.165) is 4.90 Å². The zero-order valence-corrected chi connectivity index (χ0v) is 17.1. The molecule has 4 rings (SSSR count). The molecular formula is C21H15ClF2N4S. The smallest absolute Gasteiger partial charge is 0.172 e. The largest absolute Gasteiger partial charge is 0.308 e. The van der Waals surface area contributed by atoms with E-state index in [1.54, 1.807) is 32.2 Å². The maximum atomic E-state index is 14.7. The van der Waals surface area contributed by atoms with Crippen molar-refractivity contribution in [3.05, 3.63) is 76.8 Å². The molecule has 1 N–H and O–H groups in total. The van der Waals surface area contributed by atoms with Gasteiger partial charge in [-0.05, 0) is 61.7 Å². The predicted molar refractivity (Wildman–Crippen MR) is 113 cm³/mol. The molecule has 0 unspecified atom stereocenters. The van der Waals surface area contributed by atoms with Crippen LogP contribution in [0.3, 0.4) is 0 Å². The van der Waals surface area contributed by atoms with E-state index in [4.69, 9.17) is 11.6 Å². The molecule has 0 bridgehead atoms. The molecule has 0 amide bonds. The van der Waals surface area contributed by atoms with Gasteiger partial charge in [-0.25, -0.2) is 23.7 Å². The lowest BCUT2D eigenvalue weighted by molar-refractivity contribution is 0.626. The molecule has 4 nitrogen and oxygen atoms in total. The third-order valence-corrected chi connectivity index (χ3v) is 5.64. The number of hydrogen-bond acceptors (Lipinski definition) is 5. The first-order valence-corrected chi connectivity index (χ1v) is 9.89. The van der Waals surface area contributed by atoms with Gasteiger partial charge in [0.15, 0.2) is 11.6 Å². The van der Waals surface area contributed by atoms with Gasteiger partial charge in [0.2, 0.25) is 0 Å². The summed E-state index contributed by atoms with van der Waals surface area (Å²) >= 11 is 7.29. The number of aromatic nitrogens is 3. The molecule has 0 atom stereocenters. The first kappa shape index (κ1) is 19.5. The molecule has 2 heterocycles. The molecule has 0 fully saturated rings. The Kier molecular flexibility index (Phi) is 5.34. The summed E-state index contributed by atoms with van der Waals surface area (Å²) in [4.78, 5) is 13.3. The van der Waals surface area contributed by atoms with Crippen LogP contribution in [0.25, 0.3) is 22.0 Å². The SMILES string of the molecule is Cc1ncc2cc(-c3cc(F)c(NSc4ccccc4Cl)nc3C)cc(F)c2n1. The topological polar surface area (TPSA) is 50.7 Å². The van der Waals surface area contributed by atoms with Crippen molar-refractivity contribution >= 4 is 40.3 Å². The summed E-state index contributed by atoms with van der Waals surface area (Å²) in [7, 11) is 0. The van der Waals surface area contributed by atoms with Crippen LogP contribution < -0.4 is 4.72 Å². The highest BCUT2D eigenvalue weighted by atomic mass is 35.5.